The van der Waals surface area contributed by atoms with E-state index < -0.39 is 0 Å². The van der Waals surface area contributed by atoms with Crippen molar-refractivity contribution in [2.75, 3.05) is 25.5 Å². The predicted octanol–water partition coefficient (Wildman–Crippen LogP) is 3.63. The van der Waals surface area contributed by atoms with Crippen molar-refractivity contribution in [1.29, 1.82) is 0 Å². The Bertz CT molecular complexity index is 793. The second-order valence-corrected chi connectivity index (χ2v) is 6.98. The second kappa shape index (κ2) is 10.7. The first-order valence-electron chi connectivity index (χ1n) is 8.73. The number of halogens is 2. The molecule has 0 aliphatic heterocycles. The Morgan fingerprint density at radius 3 is 2.52 bits per heavy atom. The van der Waals surface area contributed by atoms with Crippen molar-refractivity contribution in [2.45, 2.75) is 19.8 Å². The molecule has 2 aromatic rings. The monoisotopic (exact) mass is 434 g/mol. The van der Waals surface area contributed by atoms with Crippen molar-refractivity contribution in [3.8, 4) is 0 Å². The molecule has 0 radical (unpaired) electrons. The fourth-order valence-corrected chi connectivity index (χ4v) is 2.79. The van der Waals surface area contributed by atoms with E-state index in [-0.39, 0.29) is 11.7 Å². The van der Waals surface area contributed by atoms with E-state index in [1.165, 1.54) is 12.1 Å². The Kier molecular flexibility index (Phi) is 8.26. The van der Waals surface area contributed by atoms with Gasteiger partial charge in [-0.2, -0.15) is 0 Å². The molecule has 2 aromatic carbocycles. The molecule has 2 rings (SSSR count). The number of nitrogens with zero attached hydrogens (tertiary/aromatic N) is 1. The first kappa shape index (κ1) is 20.9. The third-order valence-electron chi connectivity index (χ3n) is 3.96. The van der Waals surface area contributed by atoms with Crippen LogP contribution < -0.4 is 16.0 Å². The predicted molar refractivity (Wildman–Crippen MR) is 112 cm³/mol. The molecular weight excluding hydrogens is 411 g/mol. The molecule has 0 unspecified atom stereocenters. The van der Waals surface area contributed by atoms with E-state index in [9.17, 15) is 9.18 Å². The third-order valence-corrected chi connectivity index (χ3v) is 4.45. The lowest BCUT2D eigenvalue weighted by atomic mass is 10.1. The molecule has 0 aromatic heterocycles. The van der Waals surface area contributed by atoms with Crippen LogP contribution in [0.4, 0.5) is 10.1 Å². The number of nitrogens with one attached hydrogen (secondary N) is 3. The van der Waals surface area contributed by atoms with Crippen LogP contribution in [0.2, 0.25) is 0 Å². The average molecular weight is 435 g/mol. The summed E-state index contributed by atoms with van der Waals surface area (Å²) in [7, 11) is 1.68. The molecule has 1 amide bonds. The first-order chi connectivity index (χ1) is 13.0. The van der Waals surface area contributed by atoms with Gasteiger partial charge in [0.15, 0.2) is 5.96 Å². The highest BCUT2D eigenvalue weighted by Gasteiger charge is 2.06. The van der Waals surface area contributed by atoms with Crippen molar-refractivity contribution < 1.29 is 9.18 Å². The Hall–Kier alpha value is -2.41. The van der Waals surface area contributed by atoms with Gasteiger partial charge in [0.2, 0.25) is 5.91 Å². The fourth-order valence-electron chi connectivity index (χ4n) is 2.43. The van der Waals surface area contributed by atoms with Gasteiger partial charge in [-0.3, -0.25) is 9.79 Å². The molecule has 0 atom stereocenters. The zero-order chi connectivity index (χ0) is 19.6. The zero-order valence-electron chi connectivity index (χ0n) is 15.5. The summed E-state index contributed by atoms with van der Waals surface area (Å²) >= 11 is 3.41. The molecule has 0 fully saturated rings. The van der Waals surface area contributed by atoms with Crippen LogP contribution in [0.1, 0.15) is 17.5 Å². The summed E-state index contributed by atoms with van der Waals surface area (Å²) in [6.45, 7) is 3.08. The van der Waals surface area contributed by atoms with E-state index in [0.717, 1.165) is 27.7 Å². The number of rotatable bonds is 7. The van der Waals surface area contributed by atoms with Crippen LogP contribution in [0.15, 0.2) is 51.9 Å². The number of carbonyl (C=O) groups is 1. The van der Waals surface area contributed by atoms with Crippen LogP contribution in [0.25, 0.3) is 0 Å². The summed E-state index contributed by atoms with van der Waals surface area (Å²) in [5.41, 5.74) is 2.86. The number of guanidine groups is 1. The molecule has 144 valence electrons. The van der Waals surface area contributed by atoms with Crippen LogP contribution >= 0.6 is 15.9 Å². The lowest BCUT2D eigenvalue weighted by Crippen LogP contribution is -2.39. The Morgan fingerprint density at radius 1 is 1.11 bits per heavy atom. The molecule has 0 aliphatic rings. The normalized spacial score (nSPS) is 11.2. The highest BCUT2D eigenvalue weighted by molar-refractivity contribution is 9.10. The topological polar surface area (TPSA) is 65.5 Å². The molecular formula is C20H24BrFN4O. The zero-order valence-corrected chi connectivity index (χ0v) is 17.1. The van der Waals surface area contributed by atoms with E-state index in [2.05, 4.69) is 36.9 Å². The van der Waals surface area contributed by atoms with Crippen LogP contribution in [-0.4, -0.2) is 32.0 Å². The van der Waals surface area contributed by atoms with Crippen LogP contribution in [-0.2, 0) is 11.2 Å². The molecule has 0 saturated carbocycles. The van der Waals surface area contributed by atoms with Crippen molar-refractivity contribution >= 4 is 33.5 Å². The van der Waals surface area contributed by atoms with Gasteiger partial charge in [0.05, 0.1) is 0 Å². The lowest BCUT2D eigenvalue weighted by Gasteiger charge is -2.12. The van der Waals surface area contributed by atoms with Crippen molar-refractivity contribution in [2.24, 2.45) is 4.99 Å². The molecule has 0 bridgehead atoms. The van der Waals surface area contributed by atoms with Crippen molar-refractivity contribution in [3.05, 3.63) is 63.9 Å². The highest BCUT2D eigenvalue weighted by atomic mass is 79.9. The maximum absolute atomic E-state index is 12.9. The van der Waals surface area contributed by atoms with Crippen LogP contribution in [0.3, 0.4) is 0 Å². The summed E-state index contributed by atoms with van der Waals surface area (Å²) in [5, 5.41) is 9.21. The SMILES string of the molecule is CN=C(NCCC(=O)Nc1cc(Br)ccc1C)NCCc1ccc(F)cc1. The molecule has 0 aliphatic carbocycles. The summed E-state index contributed by atoms with van der Waals surface area (Å²) in [4.78, 5) is 16.3. The summed E-state index contributed by atoms with van der Waals surface area (Å²) in [6.07, 6.45) is 1.08. The molecule has 0 spiro atoms. The highest BCUT2D eigenvalue weighted by Crippen LogP contribution is 2.20. The van der Waals surface area contributed by atoms with E-state index in [4.69, 9.17) is 0 Å². The molecule has 0 saturated heterocycles. The summed E-state index contributed by atoms with van der Waals surface area (Å²) in [5.74, 6) is 0.328. The van der Waals surface area contributed by atoms with E-state index in [0.29, 0.717) is 25.5 Å². The van der Waals surface area contributed by atoms with Gasteiger partial charge in [0, 0.05) is 36.7 Å². The quantitative estimate of drug-likeness (QED) is 0.460. The average Bonchev–Trinajstić information content (AvgIpc) is 2.65. The Morgan fingerprint density at radius 2 is 1.81 bits per heavy atom. The van der Waals surface area contributed by atoms with Gasteiger partial charge in [0.1, 0.15) is 5.82 Å². The van der Waals surface area contributed by atoms with E-state index >= 15 is 0 Å². The summed E-state index contributed by atoms with van der Waals surface area (Å²) < 4.78 is 13.8. The smallest absolute Gasteiger partial charge is 0.226 e. The molecule has 3 N–H and O–H groups in total. The van der Waals surface area contributed by atoms with Gasteiger partial charge >= 0.3 is 0 Å². The van der Waals surface area contributed by atoms with Gasteiger partial charge in [-0.1, -0.05) is 34.1 Å². The van der Waals surface area contributed by atoms with Crippen molar-refractivity contribution in [3.63, 3.8) is 0 Å². The van der Waals surface area contributed by atoms with E-state index in [1.54, 1.807) is 19.2 Å². The van der Waals surface area contributed by atoms with Crippen LogP contribution in [0, 0.1) is 12.7 Å². The molecule has 7 heteroatoms. The number of aryl methyl sites for hydroxylation is 1. The first-order valence-corrected chi connectivity index (χ1v) is 9.52. The number of hydrogen-bond acceptors (Lipinski definition) is 2. The number of benzene rings is 2. The Balaban J connectivity index is 1.70. The molecule has 27 heavy (non-hydrogen) atoms. The lowest BCUT2D eigenvalue weighted by molar-refractivity contribution is -0.116. The number of aliphatic imine (C=N–C) groups is 1. The van der Waals surface area contributed by atoms with Gasteiger partial charge < -0.3 is 16.0 Å². The standard InChI is InChI=1S/C20H24BrFN4O/c1-14-3-6-16(21)13-18(14)26-19(27)10-12-25-20(23-2)24-11-9-15-4-7-17(22)8-5-15/h3-8,13H,9-12H2,1-2H3,(H,26,27)(H2,23,24,25). The molecule has 0 heterocycles. The molecule has 5 nitrogen and oxygen atoms in total. The summed E-state index contributed by atoms with van der Waals surface area (Å²) in [6, 6.07) is 12.2. The minimum absolute atomic E-state index is 0.0644. The maximum atomic E-state index is 12.9. The Labute approximate surface area is 167 Å². The van der Waals surface area contributed by atoms with Crippen LogP contribution in [0.5, 0.6) is 0 Å². The minimum Gasteiger partial charge on any atom is -0.356 e. The van der Waals surface area contributed by atoms with Gasteiger partial charge in [-0.05, 0) is 48.7 Å². The number of carbonyl (C=O) groups excluding carboxylic acids is 1. The minimum atomic E-state index is -0.236. The van der Waals surface area contributed by atoms with Gasteiger partial charge in [-0.15, -0.1) is 0 Å². The number of amides is 1. The van der Waals surface area contributed by atoms with Gasteiger partial charge in [-0.25, -0.2) is 4.39 Å². The van der Waals surface area contributed by atoms with Crippen molar-refractivity contribution in [1.82, 2.24) is 10.6 Å². The maximum Gasteiger partial charge on any atom is 0.226 e. The van der Waals surface area contributed by atoms with E-state index in [1.807, 2.05) is 25.1 Å². The second-order valence-electron chi connectivity index (χ2n) is 6.06. The third kappa shape index (κ3) is 7.38. The largest absolute Gasteiger partial charge is 0.356 e. The number of hydrogen-bond donors (Lipinski definition) is 3. The number of anilines is 1. The van der Waals surface area contributed by atoms with Gasteiger partial charge in [0.25, 0.3) is 0 Å². The fraction of sp³-hybridized carbons (Fsp3) is 0.300.